The fraction of sp³-hybridized carbons (Fsp3) is 0.143. The van der Waals surface area contributed by atoms with E-state index in [0.29, 0.717) is 23.9 Å². The van der Waals surface area contributed by atoms with Gasteiger partial charge in [-0.1, -0.05) is 11.6 Å². The monoisotopic (exact) mass is 341 g/mol. The van der Waals surface area contributed by atoms with Crippen molar-refractivity contribution < 1.29 is 9.47 Å². The number of hydrogen-bond acceptors (Lipinski definition) is 3. The van der Waals surface area contributed by atoms with Gasteiger partial charge in [-0.3, -0.25) is 0 Å². The lowest BCUT2D eigenvalue weighted by Crippen LogP contribution is -2.09. The summed E-state index contributed by atoms with van der Waals surface area (Å²) < 4.78 is 11.9. The summed E-state index contributed by atoms with van der Waals surface area (Å²) in [7, 11) is 0. The predicted molar refractivity (Wildman–Crippen MR) is 81.0 cm³/mol. The van der Waals surface area contributed by atoms with Gasteiger partial charge in [-0.05, 0) is 58.4 Å². The molecule has 3 nitrogen and oxygen atoms in total. The van der Waals surface area contributed by atoms with Crippen molar-refractivity contribution in [3.63, 3.8) is 0 Å². The van der Waals surface area contributed by atoms with Gasteiger partial charge < -0.3 is 15.2 Å². The van der Waals surface area contributed by atoms with Crippen molar-refractivity contribution in [1.29, 1.82) is 0 Å². The average Bonchev–Trinajstić information content (AvgIpc) is 2.39. The molecule has 0 saturated carbocycles. The molecule has 0 spiro atoms. The van der Waals surface area contributed by atoms with E-state index in [9.17, 15) is 0 Å². The zero-order valence-corrected chi connectivity index (χ0v) is 12.4. The van der Waals surface area contributed by atoms with E-state index in [-0.39, 0.29) is 0 Å². The Balaban J connectivity index is 1.79. The first-order valence-corrected chi connectivity index (χ1v) is 6.88. The molecule has 0 radical (unpaired) electrons. The first kappa shape index (κ1) is 14.0. The third kappa shape index (κ3) is 4.33. The van der Waals surface area contributed by atoms with Crippen LogP contribution in [0.15, 0.2) is 46.9 Å². The lowest BCUT2D eigenvalue weighted by atomic mass is 10.3. The van der Waals surface area contributed by atoms with Crippen LogP contribution in [0.4, 0.5) is 5.69 Å². The predicted octanol–water partition coefficient (Wildman–Crippen LogP) is 4.14. The minimum absolute atomic E-state index is 0.449. The van der Waals surface area contributed by atoms with Gasteiger partial charge >= 0.3 is 0 Å². The van der Waals surface area contributed by atoms with Crippen molar-refractivity contribution in [2.45, 2.75) is 0 Å². The molecule has 19 heavy (non-hydrogen) atoms. The minimum atomic E-state index is 0.449. The first-order chi connectivity index (χ1) is 9.15. The summed E-state index contributed by atoms with van der Waals surface area (Å²) in [5, 5.41) is 0.664. The van der Waals surface area contributed by atoms with Gasteiger partial charge in [0.25, 0.3) is 0 Å². The van der Waals surface area contributed by atoms with Crippen LogP contribution < -0.4 is 15.2 Å². The molecule has 0 bridgehead atoms. The number of benzene rings is 2. The molecule has 0 fully saturated rings. The van der Waals surface area contributed by atoms with Gasteiger partial charge in [0.05, 0.1) is 4.47 Å². The van der Waals surface area contributed by atoms with Crippen LogP contribution in [0, 0.1) is 0 Å². The third-order valence-electron chi connectivity index (χ3n) is 2.38. The molecule has 0 amide bonds. The van der Waals surface area contributed by atoms with Crippen LogP contribution in [0.25, 0.3) is 0 Å². The van der Waals surface area contributed by atoms with Gasteiger partial charge in [-0.2, -0.15) is 0 Å². The highest BCUT2D eigenvalue weighted by Gasteiger charge is 2.01. The molecule has 0 aliphatic heterocycles. The highest BCUT2D eigenvalue weighted by atomic mass is 79.9. The molecule has 5 heteroatoms. The summed E-state index contributed by atoms with van der Waals surface area (Å²) in [4.78, 5) is 0. The lowest BCUT2D eigenvalue weighted by molar-refractivity contribution is 0.216. The number of halogens is 2. The summed E-state index contributed by atoms with van der Waals surface area (Å²) in [5.41, 5.74) is 6.31. The van der Waals surface area contributed by atoms with Crippen LogP contribution >= 0.6 is 27.5 Å². The van der Waals surface area contributed by atoms with Crippen LogP contribution in [0.1, 0.15) is 0 Å². The molecule has 2 N–H and O–H groups in total. The molecule has 0 aromatic heterocycles. The summed E-state index contributed by atoms with van der Waals surface area (Å²) in [6, 6.07) is 12.6. The first-order valence-electron chi connectivity index (χ1n) is 5.71. The van der Waals surface area contributed by atoms with Crippen LogP contribution in [0.2, 0.25) is 5.02 Å². The Labute approximate surface area is 125 Å². The van der Waals surface area contributed by atoms with Gasteiger partial charge in [0.1, 0.15) is 24.7 Å². The smallest absolute Gasteiger partial charge is 0.133 e. The van der Waals surface area contributed by atoms with Gasteiger partial charge in [-0.25, -0.2) is 0 Å². The molecule has 0 unspecified atom stereocenters. The second-order valence-electron chi connectivity index (χ2n) is 3.84. The Morgan fingerprint density at radius 3 is 2.37 bits per heavy atom. The standard InChI is InChI=1S/C14H13BrClNO2/c15-13-9-10(16)1-6-14(13)19-8-7-18-12-4-2-11(17)3-5-12/h1-6,9H,7-8,17H2. The van der Waals surface area contributed by atoms with Crippen LogP contribution in [-0.2, 0) is 0 Å². The van der Waals surface area contributed by atoms with Crippen molar-refractivity contribution in [2.24, 2.45) is 0 Å². The van der Waals surface area contributed by atoms with E-state index < -0.39 is 0 Å². The van der Waals surface area contributed by atoms with Gasteiger partial charge in [0.2, 0.25) is 0 Å². The lowest BCUT2D eigenvalue weighted by Gasteiger charge is -2.10. The van der Waals surface area contributed by atoms with Crippen molar-refractivity contribution in [3.05, 3.63) is 52.0 Å². The molecule has 0 atom stereocenters. The summed E-state index contributed by atoms with van der Waals surface area (Å²) in [6.45, 7) is 0.906. The Bertz CT molecular complexity index is 546. The SMILES string of the molecule is Nc1ccc(OCCOc2ccc(Cl)cc2Br)cc1. The second-order valence-corrected chi connectivity index (χ2v) is 5.13. The normalized spacial score (nSPS) is 10.2. The molecular formula is C14H13BrClNO2. The summed E-state index contributed by atoms with van der Waals surface area (Å²) in [5.74, 6) is 1.51. The van der Waals surface area contributed by atoms with E-state index >= 15 is 0 Å². The maximum Gasteiger partial charge on any atom is 0.133 e. The average molecular weight is 343 g/mol. The van der Waals surface area contributed by atoms with Gasteiger partial charge in [0.15, 0.2) is 0 Å². The molecule has 2 aromatic rings. The highest BCUT2D eigenvalue weighted by Crippen LogP contribution is 2.27. The zero-order chi connectivity index (χ0) is 13.7. The number of rotatable bonds is 5. The van der Waals surface area contributed by atoms with Gasteiger partial charge in [-0.15, -0.1) is 0 Å². The van der Waals surface area contributed by atoms with E-state index in [4.69, 9.17) is 26.8 Å². The molecule has 2 rings (SSSR count). The summed E-state index contributed by atoms with van der Waals surface area (Å²) in [6.07, 6.45) is 0. The van der Waals surface area contributed by atoms with Crippen molar-refractivity contribution in [2.75, 3.05) is 18.9 Å². The fourth-order valence-corrected chi connectivity index (χ4v) is 2.26. The van der Waals surface area contributed by atoms with Crippen molar-refractivity contribution >= 4 is 33.2 Å². The Morgan fingerprint density at radius 2 is 1.68 bits per heavy atom. The molecule has 0 aliphatic rings. The van der Waals surface area contributed by atoms with E-state index in [1.807, 2.05) is 18.2 Å². The maximum atomic E-state index is 5.85. The van der Waals surface area contributed by atoms with Crippen LogP contribution in [0.5, 0.6) is 11.5 Å². The molecule has 0 saturated heterocycles. The molecular weight excluding hydrogens is 330 g/mol. The minimum Gasteiger partial charge on any atom is -0.490 e. The molecule has 2 aromatic carbocycles. The maximum absolute atomic E-state index is 5.85. The van der Waals surface area contributed by atoms with E-state index in [1.165, 1.54) is 0 Å². The number of anilines is 1. The summed E-state index contributed by atoms with van der Waals surface area (Å²) >= 11 is 9.24. The molecule has 0 heterocycles. The third-order valence-corrected chi connectivity index (χ3v) is 3.24. The fourth-order valence-electron chi connectivity index (χ4n) is 1.47. The Morgan fingerprint density at radius 1 is 1.00 bits per heavy atom. The van der Waals surface area contributed by atoms with Crippen molar-refractivity contribution in [3.8, 4) is 11.5 Å². The van der Waals surface area contributed by atoms with Gasteiger partial charge in [0, 0.05) is 10.7 Å². The van der Waals surface area contributed by atoms with Crippen LogP contribution in [-0.4, -0.2) is 13.2 Å². The quantitative estimate of drug-likeness (QED) is 0.656. The number of nitrogen functional groups attached to an aromatic ring is 1. The number of nitrogens with two attached hydrogens (primary N) is 1. The van der Waals surface area contributed by atoms with E-state index in [2.05, 4.69) is 15.9 Å². The molecule has 100 valence electrons. The zero-order valence-electron chi connectivity index (χ0n) is 10.1. The Kier molecular flexibility index (Phi) is 4.93. The topological polar surface area (TPSA) is 44.5 Å². The van der Waals surface area contributed by atoms with Crippen molar-refractivity contribution in [1.82, 2.24) is 0 Å². The van der Waals surface area contributed by atoms with Crippen LogP contribution in [0.3, 0.4) is 0 Å². The largest absolute Gasteiger partial charge is 0.490 e. The Hall–Kier alpha value is -1.39. The van der Waals surface area contributed by atoms with E-state index in [0.717, 1.165) is 16.0 Å². The second kappa shape index (κ2) is 6.68. The number of ether oxygens (including phenoxy) is 2. The highest BCUT2D eigenvalue weighted by molar-refractivity contribution is 9.10. The number of hydrogen-bond donors (Lipinski definition) is 1. The molecule has 0 aliphatic carbocycles. The van der Waals surface area contributed by atoms with E-state index in [1.54, 1.807) is 24.3 Å².